The van der Waals surface area contributed by atoms with E-state index in [2.05, 4.69) is 38.8 Å². The maximum Gasteiger partial charge on any atom is 0.217 e. The standard InChI is InChI=1S/C13H19BrN2O/c1-10-8-16(7-5-12(10)14)9-11-4-3-6-15-13(11)17-2/h3-4,6,10,12H,5,7-9H2,1-2H3. The van der Waals surface area contributed by atoms with Crippen molar-refractivity contribution in [1.29, 1.82) is 0 Å². The summed E-state index contributed by atoms with van der Waals surface area (Å²) >= 11 is 3.73. The van der Waals surface area contributed by atoms with Crippen LogP contribution in [0.3, 0.4) is 0 Å². The van der Waals surface area contributed by atoms with Gasteiger partial charge in [0.1, 0.15) is 0 Å². The molecule has 0 aromatic carbocycles. The van der Waals surface area contributed by atoms with E-state index in [1.165, 1.54) is 12.0 Å². The first kappa shape index (κ1) is 12.8. The first-order chi connectivity index (χ1) is 8.20. The highest BCUT2D eigenvalue weighted by Crippen LogP contribution is 2.25. The van der Waals surface area contributed by atoms with E-state index in [-0.39, 0.29) is 0 Å². The molecular formula is C13H19BrN2O. The fourth-order valence-electron chi connectivity index (χ4n) is 2.32. The van der Waals surface area contributed by atoms with Crippen LogP contribution < -0.4 is 4.74 Å². The molecule has 1 aliphatic rings. The van der Waals surface area contributed by atoms with E-state index in [1.807, 2.05) is 6.07 Å². The topological polar surface area (TPSA) is 25.4 Å². The Labute approximate surface area is 111 Å². The molecule has 0 spiro atoms. The molecule has 4 heteroatoms. The van der Waals surface area contributed by atoms with E-state index < -0.39 is 0 Å². The summed E-state index contributed by atoms with van der Waals surface area (Å²) in [5.41, 5.74) is 1.18. The average molecular weight is 299 g/mol. The van der Waals surface area contributed by atoms with Crippen LogP contribution in [0.1, 0.15) is 18.9 Å². The highest BCUT2D eigenvalue weighted by atomic mass is 79.9. The van der Waals surface area contributed by atoms with Gasteiger partial charge in [-0.05, 0) is 24.9 Å². The Morgan fingerprint density at radius 3 is 3.12 bits per heavy atom. The minimum absolute atomic E-state index is 0.662. The number of pyridine rings is 1. The summed E-state index contributed by atoms with van der Waals surface area (Å²) in [5, 5.41) is 0. The maximum atomic E-state index is 5.29. The van der Waals surface area contributed by atoms with E-state index in [1.54, 1.807) is 13.3 Å². The van der Waals surface area contributed by atoms with Crippen LogP contribution in [0.2, 0.25) is 0 Å². The van der Waals surface area contributed by atoms with Gasteiger partial charge in [0.05, 0.1) is 7.11 Å². The smallest absolute Gasteiger partial charge is 0.217 e. The second kappa shape index (κ2) is 5.83. The van der Waals surface area contributed by atoms with E-state index in [9.17, 15) is 0 Å². The molecule has 0 radical (unpaired) electrons. The largest absolute Gasteiger partial charge is 0.481 e. The van der Waals surface area contributed by atoms with Crippen LogP contribution in [-0.4, -0.2) is 34.9 Å². The van der Waals surface area contributed by atoms with Gasteiger partial charge in [0.25, 0.3) is 0 Å². The molecule has 0 aliphatic carbocycles. The highest BCUT2D eigenvalue weighted by Gasteiger charge is 2.24. The molecule has 94 valence electrons. The predicted octanol–water partition coefficient (Wildman–Crippen LogP) is 2.70. The number of alkyl halides is 1. The van der Waals surface area contributed by atoms with Crippen molar-refractivity contribution in [3.63, 3.8) is 0 Å². The number of hydrogen-bond donors (Lipinski definition) is 0. The second-order valence-corrected chi connectivity index (χ2v) is 5.87. The Kier molecular flexibility index (Phi) is 4.40. The number of aromatic nitrogens is 1. The molecule has 2 rings (SSSR count). The maximum absolute atomic E-state index is 5.29. The van der Waals surface area contributed by atoms with Crippen molar-refractivity contribution in [3.05, 3.63) is 23.9 Å². The van der Waals surface area contributed by atoms with Gasteiger partial charge in [-0.25, -0.2) is 4.98 Å². The normalized spacial score (nSPS) is 25.8. The summed E-state index contributed by atoms with van der Waals surface area (Å²) < 4.78 is 5.29. The van der Waals surface area contributed by atoms with Crippen LogP contribution in [0, 0.1) is 5.92 Å². The molecule has 2 unspecified atom stereocenters. The average Bonchev–Trinajstić information content (AvgIpc) is 2.34. The number of methoxy groups -OCH3 is 1. The lowest BCUT2D eigenvalue weighted by atomic mass is 10.00. The van der Waals surface area contributed by atoms with Gasteiger partial charge in [0.15, 0.2) is 0 Å². The SMILES string of the molecule is COc1ncccc1CN1CCC(Br)C(C)C1. The summed E-state index contributed by atoms with van der Waals surface area (Å²) in [6, 6.07) is 4.06. The molecule has 1 fully saturated rings. The van der Waals surface area contributed by atoms with Gasteiger partial charge in [0, 0.05) is 29.7 Å². The quantitative estimate of drug-likeness (QED) is 0.802. The zero-order valence-corrected chi connectivity index (χ0v) is 12.0. The molecule has 3 nitrogen and oxygen atoms in total. The van der Waals surface area contributed by atoms with Crippen molar-refractivity contribution in [3.8, 4) is 5.88 Å². The van der Waals surface area contributed by atoms with Crippen molar-refractivity contribution in [2.24, 2.45) is 5.92 Å². The van der Waals surface area contributed by atoms with Crippen LogP contribution >= 0.6 is 15.9 Å². The molecule has 0 bridgehead atoms. The van der Waals surface area contributed by atoms with E-state index in [0.717, 1.165) is 25.5 Å². The number of halogens is 1. The van der Waals surface area contributed by atoms with Crippen molar-refractivity contribution in [1.82, 2.24) is 9.88 Å². The number of likely N-dealkylation sites (tertiary alicyclic amines) is 1. The Morgan fingerprint density at radius 1 is 1.59 bits per heavy atom. The summed E-state index contributed by atoms with van der Waals surface area (Å²) in [4.78, 5) is 7.37. The number of rotatable bonds is 3. The minimum Gasteiger partial charge on any atom is -0.481 e. The highest BCUT2D eigenvalue weighted by molar-refractivity contribution is 9.09. The van der Waals surface area contributed by atoms with Crippen molar-refractivity contribution in [2.75, 3.05) is 20.2 Å². The van der Waals surface area contributed by atoms with Gasteiger partial charge >= 0.3 is 0 Å². The van der Waals surface area contributed by atoms with Crippen LogP contribution in [0.5, 0.6) is 5.88 Å². The van der Waals surface area contributed by atoms with Gasteiger partial charge in [-0.2, -0.15) is 0 Å². The van der Waals surface area contributed by atoms with Crippen LogP contribution in [-0.2, 0) is 6.54 Å². The zero-order valence-electron chi connectivity index (χ0n) is 10.4. The molecule has 0 saturated carbocycles. The Balaban J connectivity index is 2.01. The molecule has 1 aliphatic heterocycles. The van der Waals surface area contributed by atoms with Gasteiger partial charge in [-0.3, -0.25) is 4.90 Å². The number of piperidine rings is 1. The monoisotopic (exact) mass is 298 g/mol. The first-order valence-corrected chi connectivity index (χ1v) is 6.96. The molecule has 1 saturated heterocycles. The molecular weight excluding hydrogens is 280 g/mol. The van der Waals surface area contributed by atoms with Crippen LogP contribution in [0.25, 0.3) is 0 Å². The Bertz CT molecular complexity index is 372. The molecule has 17 heavy (non-hydrogen) atoms. The van der Waals surface area contributed by atoms with Crippen molar-refractivity contribution in [2.45, 2.75) is 24.7 Å². The summed E-state index contributed by atoms with van der Waals surface area (Å²) in [7, 11) is 1.68. The molecule has 0 amide bonds. The number of ether oxygens (including phenoxy) is 1. The minimum atomic E-state index is 0.662. The van der Waals surface area contributed by atoms with E-state index >= 15 is 0 Å². The lowest BCUT2D eigenvalue weighted by Crippen LogP contribution is -2.39. The molecule has 1 aromatic heterocycles. The third-order valence-electron chi connectivity index (χ3n) is 3.32. The Hall–Kier alpha value is -0.610. The van der Waals surface area contributed by atoms with E-state index in [0.29, 0.717) is 10.7 Å². The van der Waals surface area contributed by atoms with Gasteiger partial charge < -0.3 is 4.74 Å². The van der Waals surface area contributed by atoms with Crippen molar-refractivity contribution >= 4 is 15.9 Å². The molecule has 0 N–H and O–H groups in total. The van der Waals surface area contributed by atoms with E-state index in [4.69, 9.17) is 4.74 Å². The van der Waals surface area contributed by atoms with Crippen molar-refractivity contribution < 1.29 is 4.74 Å². The van der Waals surface area contributed by atoms with Crippen LogP contribution in [0.4, 0.5) is 0 Å². The summed E-state index contributed by atoms with van der Waals surface area (Å²) in [5.74, 6) is 1.45. The Morgan fingerprint density at radius 2 is 2.41 bits per heavy atom. The fraction of sp³-hybridized carbons (Fsp3) is 0.615. The summed E-state index contributed by atoms with van der Waals surface area (Å²) in [6.07, 6.45) is 2.99. The molecule has 2 atom stereocenters. The fourth-order valence-corrected chi connectivity index (χ4v) is 2.69. The third kappa shape index (κ3) is 3.19. The number of nitrogens with zero attached hydrogens (tertiary/aromatic N) is 2. The van der Waals surface area contributed by atoms with Crippen LogP contribution in [0.15, 0.2) is 18.3 Å². The van der Waals surface area contributed by atoms with Gasteiger partial charge in [-0.1, -0.05) is 28.9 Å². The third-order valence-corrected chi connectivity index (χ3v) is 4.68. The first-order valence-electron chi connectivity index (χ1n) is 6.05. The van der Waals surface area contributed by atoms with Gasteiger partial charge in [0.2, 0.25) is 5.88 Å². The lowest BCUT2D eigenvalue weighted by Gasteiger charge is -2.34. The predicted molar refractivity (Wildman–Crippen MR) is 72.6 cm³/mol. The lowest BCUT2D eigenvalue weighted by molar-refractivity contribution is 0.181. The summed E-state index contributed by atoms with van der Waals surface area (Å²) in [6.45, 7) is 5.50. The number of hydrogen-bond acceptors (Lipinski definition) is 3. The molecule has 2 heterocycles. The second-order valence-electron chi connectivity index (χ2n) is 4.69. The zero-order chi connectivity index (χ0) is 12.3. The van der Waals surface area contributed by atoms with Gasteiger partial charge in [-0.15, -0.1) is 0 Å². The molecule has 1 aromatic rings.